The van der Waals surface area contributed by atoms with Crippen molar-refractivity contribution < 1.29 is 0 Å². The molecule has 0 aliphatic heterocycles. The van der Waals surface area contributed by atoms with Crippen molar-refractivity contribution in [3.05, 3.63) is 40.1 Å². The summed E-state index contributed by atoms with van der Waals surface area (Å²) in [6, 6.07) is 5.47. The fraction of sp³-hybridized carbons (Fsp3) is 0.412. The zero-order chi connectivity index (χ0) is 18.3. The van der Waals surface area contributed by atoms with Gasteiger partial charge in [-0.3, -0.25) is 0 Å². The summed E-state index contributed by atoms with van der Waals surface area (Å²) in [5.41, 5.74) is 12.1. The Balaban J connectivity index is 0.000000351. The summed E-state index contributed by atoms with van der Waals surface area (Å²) >= 11 is 13.5. The number of halogens is 2. The summed E-state index contributed by atoms with van der Waals surface area (Å²) < 4.78 is 0. The molecule has 4 N–H and O–H groups in total. The van der Waals surface area contributed by atoms with Crippen LogP contribution < -0.4 is 11.5 Å². The minimum absolute atomic E-state index is 0.0833. The Labute approximate surface area is 158 Å². The normalized spacial score (nSPS) is 11.0. The molecule has 0 atom stereocenters. The number of benzene rings is 1. The monoisotopic (exact) mass is 386 g/mol. The average Bonchev–Trinajstić information content (AvgIpc) is 2.55. The van der Waals surface area contributed by atoms with E-state index in [1.165, 1.54) is 18.0 Å². The maximum absolute atomic E-state index is 6.10. The number of nitrogens with two attached hydrogens (primary N) is 2. The SMILES string of the molecule is CCC(C)(N)CC.Cc1nc(N)cnc1Sc1cccc(Cl)c1Cl. The van der Waals surface area contributed by atoms with Gasteiger partial charge in [-0.2, -0.15) is 0 Å². The number of hydrogen-bond donors (Lipinski definition) is 2. The first-order valence-electron chi connectivity index (χ1n) is 7.70. The molecule has 0 fully saturated rings. The van der Waals surface area contributed by atoms with Crippen LogP contribution in [0.15, 0.2) is 34.3 Å². The van der Waals surface area contributed by atoms with Crippen LogP contribution in [0.1, 0.15) is 39.3 Å². The molecule has 0 amide bonds. The molecule has 0 spiro atoms. The molecule has 24 heavy (non-hydrogen) atoms. The van der Waals surface area contributed by atoms with Crippen molar-refractivity contribution in [1.29, 1.82) is 0 Å². The van der Waals surface area contributed by atoms with Crippen LogP contribution >= 0.6 is 35.0 Å². The minimum atomic E-state index is 0.0833. The Morgan fingerprint density at radius 3 is 2.33 bits per heavy atom. The van der Waals surface area contributed by atoms with Gasteiger partial charge in [0.25, 0.3) is 0 Å². The van der Waals surface area contributed by atoms with E-state index in [1.54, 1.807) is 6.07 Å². The quantitative estimate of drug-likeness (QED) is 0.740. The van der Waals surface area contributed by atoms with Gasteiger partial charge in [-0.05, 0) is 38.8 Å². The first-order chi connectivity index (χ1) is 11.2. The van der Waals surface area contributed by atoms with E-state index < -0.39 is 0 Å². The molecule has 2 aromatic rings. The summed E-state index contributed by atoms with van der Waals surface area (Å²) in [6.45, 7) is 8.16. The predicted molar refractivity (Wildman–Crippen MR) is 105 cm³/mol. The van der Waals surface area contributed by atoms with Gasteiger partial charge in [-0.25, -0.2) is 9.97 Å². The van der Waals surface area contributed by atoms with Gasteiger partial charge in [0.1, 0.15) is 10.8 Å². The summed E-state index contributed by atoms with van der Waals surface area (Å²) in [4.78, 5) is 9.21. The number of anilines is 1. The second-order valence-corrected chi connectivity index (χ2v) is 7.52. The van der Waals surface area contributed by atoms with E-state index in [9.17, 15) is 0 Å². The molecule has 7 heteroatoms. The highest BCUT2D eigenvalue weighted by atomic mass is 35.5. The zero-order valence-corrected chi connectivity index (χ0v) is 16.8. The van der Waals surface area contributed by atoms with Gasteiger partial charge in [0.15, 0.2) is 0 Å². The van der Waals surface area contributed by atoms with Gasteiger partial charge in [-0.15, -0.1) is 0 Å². The van der Waals surface area contributed by atoms with E-state index in [0.717, 1.165) is 28.5 Å². The molecule has 0 unspecified atom stereocenters. The molecule has 4 nitrogen and oxygen atoms in total. The topological polar surface area (TPSA) is 77.8 Å². The summed E-state index contributed by atoms with van der Waals surface area (Å²) in [5, 5.41) is 1.82. The zero-order valence-electron chi connectivity index (χ0n) is 14.4. The van der Waals surface area contributed by atoms with Crippen molar-refractivity contribution in [2.45, 2.75) is 56.0 Å². The standard InChI is InChI=1S/C11H9Cl2N3S.C6H15N/c1-6-11(15-5-9(14)16-6)17-8-4-2-3-7(12)10(8)13;1-4-6(3,7)5-2/h2-5H,1H3,(H2,14,16);4-5,7H2,1-3H3. The summed E-state index contributed by atoms with van der Waals surface area (Å²) in [7, 11) is 0. The Morgan fingerprint density at radius 1 is 1.21 bits per heavy atom. The van der Waals surface area contributed by atoms with E-state index in [2.05, 4.69) is 30.7 Å². The lowest BCUT2D eigenvalue weighted by Crippen LogP contribution is -2.33. The molecular formula is C17H24Cl2N4S. The molecule has 0 aliphatic carbocycles. The van der Waals surface area contributed by atoms with Crippen LogP contribution in [0.3, 0.4) is 0 Å². The van der Waals surface area contributed by atoms with E-state index in [-0.39, 0.29) is 5.54 Å². The van der Waals surface area contributed by atoms with Crippen molar-refractivity contribution in [3.63, 3.8) is 0 Å². The highest BCUT2D eigenvalue weighted by Crippen LogP contribution is 2.36. The first-order valence-corrected chi connectivity index (χ1v) is 9.27. The Hall–Kier alpha value is -1.01. The Morgan fingerprint density at radius 2 is 1.83 bits per heavy atom. The molecule has 2 rings (SSSR count). The molecule has 1 aromatic heterocycles. The summed E-state index contributed by atoms with van der Waals surface area (Å²) in [6.07, 6.45) is 3.67. The first kappa shape index (κ1) is 21.0. The van der Waals surface area contributed by atoms with Gasteiger partial charge in [0.05, 0.1) is 21.9 Å². The van der Waals surface area contributed by atoms with Crippen molar-refractivity contribution in [3.8, 4) is 0 Å². The maximum atomic E-state index is 6.10. The van der Waals surface area contributed by atoms with Crippen LogP contribution in [0.4, 0.5) is 5.82 Å². The largest absolute Gasteiger partial charge is 0.382 e. The van der Waals surface area contributed by atoms with Crippen molar-refractivity contribution in [1.82, 2.24) is 9.97 Å². The molecule has 1 aromatic carbocycles. The van der Waals surface area contributed by atoms with Crippen molar-refractivity contribution >= 4 is 40.8 Å². The van der Waals surface area contributed by atoms with Crippen LogP contribution in [0.2, 0.25) is 10.0 Å². The van der Waals surface area contributed by atoms with Gasteiger partial charge in [0, 0.05) is 10.4 Å². The van der Waals surface area contributed by atoms with Crippen LogP contribution in [0.5, 0.6) is 0 Å². The molecule has 0 aliphatic rings. The average molecular weight is 387 g/mol. The predicted octanol–water partition coefficient (Wildman–Crippen LogP) is 5.35. The molecule has 0 saturated carbocycles. The van der Waals surface area contributed by atoms with Crippen LogP contribution in [0, 0.1) is 6.92 Å². The lowest BCUT2D eigenvalue weighted by Gasteiger charge is -2.18. The smallest absolute Gasteiger partial charge is 0.142 e. The molecule has 0 radical (unpaired) electrons. The Bertz CT molecular complexity index is 672. The molecule has 0 bridgehead atoms. The molecule has 1 heterocycles. The lowest BCUT2D eigenvalue weighted by atomic mass is 9.98. The third kappa shape index (κ3) is 6.48. The highest BCUT2D eigenvalue weighted by Gasteiger charge is 2.10. The van der Waals surface area contributed by atoms with Gasteiger partial charge in [0.2, 0.25) is 0 Å². The van der Waals surface area contributed by atoms with Gasteiger partial charge in [-0.1, -0.05) is 54.9 Å². The fourth-order valence-corrected chi connectivity index (χ4v) is 2.83. The number of aromatic nitrogens is 2. The summed E-state index contributed by atoms with van der Waals surface area (Å²) in [5.74, 6) is 0.407. The third-order valence-electron chi connectivity index (χ3n) is 3.66. The third-order valence-corrected chi connectivity index (χ3v) is 5.74. The van der Waals surface area contributed by atoms with E-state index in [0.29, 0.717) is 15.9 Å². The molecule has 0 saturated heterocycles. The Kier molecular flexibility index (Phi) is 8.30. The van der Waals surface area contributed by atoms with Gasteiger partial charge < -0.3 is 11.5 Å². The number of rotatable bonds is 4. The molecule has 132 valence electrons. The number of hydrogen-bond acceptors (Lipinski definition) is 5. The maximum Gasteiger partial charge on any atom is 0.142 e. The highest BCUT2D eigenvalue weighted by molar-refractivity contribution is 7.99. The number of nitrogen functional groups attached to an aromatic ring is 1. The minimum Gasteiger partial charge on any atom is -0.382 e. The number of aryl methyl sites for hydroxylation is 1. The van der Waals surface area contributed by atoms with Crippen LogP contribution in [0.25, 0.3) is 0 Å². The van der Waals surface area contributed by atoms with E-state index in [4.69, 9.17) is 34.7 Å². The molecular weight excluding hydrogens is 363 g/mol. The van der Waals surface area contributed by atoms with Crippen molar-refractivity contribution in [2.75, 3.05) is 5.73 Å². The fourth-order valence-electron chi connectivity index (χ4n) is 1.51. The second-order valence-electron chi connectivity index (χ2n) is 5.70. The number of nitrogens with zero attached hydrogens (tertiary/aromatic N) is 2. The second kappa shape index (κ2) is 9.47. The van der Waals surface area contributed by atoms with Crippen molar-refractivity contribution in [2.24, 2.45) is 5.73 Å². The van der Waals surface area contributed by atoms with Gasteiger partial charge >= 0.3 is 0 Å². The lowest BCUT2D eigenvalue weighted by molar-refractivity contribution is 0.437. The van der Waals surface area contributed by atoms with E-state index in [1.807, 2.05) is 19.1 Å². The van der Waals surface area contributed by atoms with Crippen LogP contribution in [-0.2, 0) is 0 Å². The van der Waals surface area contributed by atoms with E-state index >= 15 is 0 Å². The van der Waals surface area contributed by atoms with Crippen LogP contribution in [-0.4, -0.2) is 15.5 Å².